The van der Waals surface area contributed by atoms with E-state index in [1.807, 2.05) is 24.3 Å². The Morgan fingerprint density at radius 1 is 1.38 bits per heavy atom. The van der Waals surface area contributed by atoms with Crippen LogP contribution in [0.25, 0.3) is 5.70 Å². The summed E-state index contributed by atoms with van der Waals surface area (Å²) in [5.41, 5.74) is 2.47. The van der Waals surface area contributed by atoms with Crippen molar-refractivity contribution >= 4 is 11.4 Å². The molecule has 0 radical (unpaired) electrons. The third-order valence-electron chi connectivity index (χ3n) is 1.85. The van der Waals surface area contributed by atoms with Crippen molar-refractivity contribution in [2.24, 2.45) is 10.3 Å². The lowest BCUT2D eigenvalue weighted by atomic mass is 10.1. The molecule has 0 fully saturated rings. The molecule has 1 aliphatic rings. The van der Waals surface area contributed by atoms with E-state index < -0.39 is 0 Å². The van der Waals surface area contributed by atoms with Crippen LogP contribution in [0.4, 0.5) is 5.69 Å². The molecule has 0 unspecified atom stereocenters. The normalized spacial score (nSPS) is 14.5. The van der Waals surface area contributed by atoms with Crippen molar-refractivity contribution in [3.8, 4) is 0 Å². The summed E-state index contributed by atoms with van der Waals surface area (Å²) in [6, 6.07) is 7.66. The van der Waals surface area contributed by atoms with Gasteiger partial charge in [0.25, 0.3) is 0 Å². The van der Waals surface area contributed by atoms with Crippen LogP contribution < -0.4 is 0 Å². The number of rotatable bonds is 1. The molecule has 2 rings (SSSR count). The molecule has 0 saturated carbocycles. The maximum absolute atomic E-state index is 4.93. The number of hydrogen-bond acceptors (Lipinski definition) is 4. The van der Waals surface area contributed by atoms with Crippen LogP contribution in [0.3, 0.4) is 0 Å². The van der Waals surface area contributed by atoms with Gasteiger partial charge in [-0.25, -0.2) is 0 Å². The summed E-state index contributed by atoms with van der Waals surface area (Å²) < 4.78 is 0. The minimum atomic E-state index is 0.702. The molecule has 66 valence electrons. The van der Waals surface area contributed by atoms with Crippen LogP contribution in [-0.2, 0) is 4.84 Å². The first-order chi connectivity index (χ1) is 6.33. The summed E-state index contributed by atoms with van der Waals surface area (Å²) in [5, 5.41) is 9.06. The third kappa shape index (κ3) is 1.21. The first kappa shape index (κ1) is 7.94. The number of hydroxylamine groups is 1. The molecular weight excluding hydrogens is 166 g/mol. The zero-order valence-electron chi connectivity index (χ0n) is 7.27. The Hall–Kier alpha value is -1.68. The second-order valence-corrected chi connectivity index (χ2v) is 2.61. The van der Waals surface area contributed by atoms with E-state index in [1.165, 1.54) is 12.3 Å². The molecule has 4 nitrogen and oxygen atoms in total. The molecule has 0 aromatic heterocycles. The highest BCUT2D eigenvalue weighted by molar-refractivity contribution is 5.72. The van der Waals surface area contributed by atoms with Gasteiger partial charge in [-0.15, -0.1) is 10.3 Å². The van der Waals surface area contributed by atoms with Gasteiger partial charge in [-0.3, -0.25) is 4.84 Å². The quantitative estimate of drug-likeness (QED) is 0.657. The van der Waals surface area contributed by atoms with E-state index in [2.05, 4.69) is 16.9 Å². The summed E-state index contributed by atoms with van der Waals surface area (Å²) in [7, 11) is 1.53. The number of benzene rings is 1. The first-order valence-electron chi connectivity index (χ1n) is 3.87. The largest absolute Gasteiger partial charge is 0.254 e. The summed E-state index contributed by atoms with van der Waals surface area (Å²) in [6.45, 7) is 3.85. The molecule has 1 heterocycles. The van der Waals surface area contributed by atoms with Gasteiger partial charge in [0.2, 0.25) is 0 Å². The molecule has 0 spiro atoms. The molecule has 0 saturated heterocycles. The Morgan fingerprint density at radius 2 is 2.15 bits per heavy atom. The van der Waals surface area contributed by atoms with E-state index in [9.17, 15) is 0 Å². The molecule has 0 N–H and O–H groups in total. The monoisotopic (exact) mass is 175 g/mol. The van der Waals surface area contributed by atoms with Gasteiger partial charge in [-0.1, -0.05) is 24.8 Å². The van der Waals surface area contributed by atoms with Gasteiger partial charge in [-0.2, -0.15) is 0 Å². The highest BCUT2D eigenvalue weighted by Gasteiger charge is 2.16. The van der Waals surface area contributed by atoms with Crippen molar-refractivity contribution in [2.75, 3.05) is 7.11 Å². The number of fused-ring (bicyclic) bond motifs is 1. The molecule has 1 aromatic carbocycles. The summed E-state index contributed by atoms with van der Waals surface area (Å²) in [4.78, 5) is 4.93. The lowest BCUT2D eigenvalue weighted by molar-refractivity contribution is -0.0823. The van der Waals surface area contributed by atoms with Gasteiger partial charge < -0.3 is 0 Å². The zero-order valence-corrected chi connectivity index (χ0v) is 7.27. The van der Waals surface area contributed by atoms with Crippen molar-refractivity contribution in [2.45, 2.75) is 0 Å². The highest BCUT2D eigenvalue weighted by Crippen LogP contribution is 2.32. The molecule has 0 amide bonds. The fourth-order valence-corrected chi connectivity index (χ4v) is 1.20. The number of hydrogen-bond donors (Lipinski definition) is 0. The van der Waals surface area contributed by atoms with Crippen molar-refractivity contribution < 1.29 is 4.84 Å². The Morgan fingerprint density at radius 3 is 2.92 bits per heavy atom. The van der Waals surface area contributed by atoms with Crippen LogP contribution in [0.15, 0.2) is 41.2 Å². The highest BCUT2D eigenvalue weighted by atomic mass is 16.7. The van der Waals surface area contributed by atoms with Gasteiger partial charge in [-0.05, 0) is 11.3 Å². The molecule has 1 aliphatic heterocycles. The van der Waals surface area contributed by atoms with Crippen molar-refractivity contribution in [3.63, 3.8) is 0 Å². The standard InChI is InChI=1S/C9H9N3O/c1-7-8-5-3-4-6-9(8)10-11-12(7)13-2/h3-6H,1H2,2H3. The van der Waals surface area contributed by atoms with E-state index in [-0.39, 0.29) is 0 Å². The molecule has 0 bridgehead atoms. The Kier molecular flexibility index (Phi) is 1.83. The van der Waals surface area contributed by atoms with Crippen LogP contribution in [0.1, 0.15) is 5.56 Å². The average Bonchev–Trinajstić information content (AvgIpc) is 2.19. The lowest BCUT2D eigenvalue weighted by Gasteiger charge is -2.21. The zero-order chi connectivity index (χ0) is 9.26. The van der Waals surface area contributed by atoms with E-state index in [0.29, 0.717) is 5.70 Å². The fourth-order valence-electron chi connectivity index (χ4n) is 1.20. The minimum Gasteiger partial charge on any atom is -0.254 e. The predicted octanol–water partition coefficient (Wildman–Crippen LogP) is 2.53. The van der Waals surface area contributed by atoms with E-state index >= 15 is 0 Å². The smallest absolute Gasteiger partial charge is 0.0969 e. The Bertz CT molecular complexity index is 373. The fraction of sp³-hybridized carbons (Fsp3) is 0.111. The maximum atomic E-state index is 4.93. The van der Waals surface area contributed by atoms with Crippen molar-refractivity contribution in [1.82, 2.24) is 5.17 Å². The van der Waals surface area contributed by atoms with E-state index in [0.717, 1.165) is 11.3 Å². The van der Waals surface area contributed by atoms with Crippen LogP contribution in [-0.4, -0.2) is 12.3 Å². The van der Waals surface area contributed by atoms with Crippen LogP contribution in [0.5, 0.6) is 0 Å². The molecular formula is C9H9N3O. The molecule has 13 heavy (non-hydrogen) atoms. The Balaban J connectivity index is 2.48. The second kappa shape index (κ2) is 2.99. The summed E-state index contributed by atoms with van der Waals surface area (Å²) >= 11 is 0. The van der Waals surface area contributed by atoms with Crippen molar-refractivity contribution in [3.05, 3.63) is 36.4 Å². The topological polar surface area (TPSA) is 37.2 Å². The van der Waals surface area contributed by atoms with E-state index in [4.69, 9.17) is 4.84 Å². The van der Waals surface area contributed by atoms with Gasteiger partial charge in [0, 0.05) is 5.56 Å². The van der Waals surface area contributed by atoms with Crippen LogP contribution in [0.2, 0.25) is 0 Å². The van der Waals surface area contributed by atoms with E-state index in [1.54, 1.807) is 0 Å². The van der Waals surface area contributed by atoms with Crippen molar-refractivity contribution in [1.29, 1.82) is 0 Å². The summed E-state index contributed by atoms with van der Waals surface area (Å²) in [6.07, 6.45) is 0. The van der Waals surface area contributed by atoms with Gasteiger partial charge in [0.1, 0.15) is 0 Å². The molecule has 0 aliphatic carbocycles. The molecule has 0 atom stereocenters. The molecule has 1 aromatic rings. The second-order valence-electron chi connectivity index (χ2n) is 2.61. The van der Waals surface area contributed by atoms with Crippen LogP contribution in [0, 0.1) is 0 Å². The SMILES string of the molecule is C=C1c2ccccc2N=NN1OC. The predicted molar refractivity (Wildman–Crippen MR) is 48.8 cm³/mol. The third-order valence-corrected chi connectivity index (χ3v) is 1.85. The lowest BCUT2D eigenvalue weighted by Crippen LogP contribution is -2.15. The minimum absolute atomic E-state index is 0.702. The molecule has 4 heteroatoms. The first-order valence-corrected chi connectivity index (χ1v) is 3.87. The maximum Gasteiger partial charge on any atom is 0.0969 e. The van der Waals surface area contributed by atoms with Gasteiger partial charge in [0.05, 0.1) is 18.5 Å². The van der Waals surface area contributed by atoms with Crippen LogP contribution >= 0.6 is 0 Å². The van der Waals surface area contributed by atoms with Gasteiger partial charge >= 0.3 is 0 Å². The average molecular weight is 175 g/mol. The number of nitrogens with zero attached hydrogens (tertiary/aromatic N) is 3. The van der Waals surface area contributed by atoms with Gasteiger partial charge in [0.15, 0.2) is 0 Å². The Labute approximate surface area is 76.1 Å². The summed E-state index contributed by atoms with van der Waals surface area (Å²) in [5.74, 6) is 0.